The number of nitrogens with zero attached hydrogens (tertiary/aromatic N) is 1. The lowest BCUT2D eigenvalue weighted by atomic mass is 10.0. The Morgan fingerprint density at radius 3 is 1.47 bits per heavy atom. The van der Waals surface area contributed by atoms with E-state index in [-0.39, 0.29) is 19.1 Å². The molecule has 0 aromatic heterocycles. The molecule has 0 aliphatic carbocycles. The van der Waals surface area contributed by atoms with Crippen LogP contribution in [0.25, 0.3) is 0 Å². The van der Waals surface area contributed by atoms with Crippen LogP contribution in [0.2, 0.25) is 0 Å². The Morgan fingerprint density at radius 2 is 1.02 bits per heavy atom. The Morgan fingerprint density at radius 1 is 0.593 bits per heavy atom. The number of hydrogen-bond donors (Lipinski definition) is 3. The molecule has 0 aliphatic heterocycles. The fraction of sp³-hybridized carbons (Fsp3) is 0.740. The van der Waals surface area contributed by atoms with Crippen LogP contribution in [0.1, 0.15) is 187 Å². The standard InChI is InChI=1S/C50H91N2O6P/c1-6-8-10-12-13-14-15-16-17-18-19-20-21-22-23-24-25-26-27-28-29-30-31-32-33-34-35-36-37-38-39-40-42-44-50(54)51-48(49(53)43-41-11-9-7-2)47-58-59(55,56)57-46-45-52(3,4)5/h8,10,13-14,16-17,19-20,22-23,41,43,48-49,53H,6-7,9,11-12,15,18,21,24-40,42,44-47H2,1-5H3,(H-,51,54,55,56)/p+1/b10-8-,14-13-,17-16-,20-19-,23-22-,43-41+. The highest BCUT2D eigenvalue weighted by Gasteiger charge is 2.27. The van der Waals surface area contributed by atoms with Crippen molar-refractivity contribution < 1.29 is 32.9 Å². The van der Waals surface area contributed by atoms with Gasteiger partial charge in [-0.05, 0) is 57.8 Å². The number of carbonyl (C=O) groups is 1. The maximum absolute atomic E-state index is 12.7. The van der Waals surface area contributed by atoms with E-state index in [0.717, 1.165) is 70.6 Å². The van der Waals surface area contributed by atoms with Gasteiger partial charge in [-0.25, -0.2) is 4.57 Å². The topological polar surface area (TPSA) is 105 Å². The number of rotatable bonds is 42. The molecular formula is C50H92N2O6P+. The summed E-state index contributed by atoms with van der Waals surface area (Å²) >= 11 is 0. The quantitative estimate of drug-likeness (QED) is 0.0245. The molecule has 3 N–H and O–H groups in total. The number of hydrogen-bond acceptors (Lipinski definition) is 5. The van der Waals surface area contributed by atoms with E-state index in [1.54, 1.807) is 6.08 Å². The molecule has 0 radical (unpaired) electrons. The number of aliphatic hydroxyl groups is 1. The summed E-state index contributed by atoms with van der Waals surface area (Å²) in [6.07, 6.45) is 56.3. The second kappa shape index (κ2) is 41.3. The lowest BCUT2D eigenvalue weighted by molar-refractivity contribution is -0.870. The zero-order valence-electron chi connectivity index (χ0n) is 38.7. The van der Waals surface area contributed by atoms with Crippen LogP contribution in [0.4, 0.5) is 0 Å². The van der Waals surface area contributed by atoms with Crippen LogP contribution in [-0.2, 0) is 18.4 Å². The summed E-state index contributed by atoms with van der Waals surface area (Å²) in [4.78, 5) is 22.9. The minimum atomic E-state index is -4.32. The summed E-state index contributed by atoms with van der Waals surface area (Å²) in [5.41, 5.74) is 0. The number of aliphatic hydroxyl groups excluding tert-OH is 1. The molecule has 59 heavy (non-hydrogen) atoms. The van der Waals surface area contributed by atoms with Crippen LogP contribution < -0.4 is 5.32 Å². The highest BCUT2D eigenvalue weighted by molar-refractivity contribution is 7.47. The van der Waals surface area contributed by atoms with E-state index < -0.39 is 20.0 Å². The minimum absolute atomic E-state index is 0.0586. The number of unbranched alkanes of at least 4 members (excludes halogenated alkanes) is 19. The first-order chi connectivity index (χ1) is 28.5. The highest BCUT2D eigenvalue weighted by atomic mass is 31.2. The van der Waals surface area contributed by atoms with Gasteiger partial charge in [0.25, 0.3) is 0 Å². The molecule has 0 saturated carbocycles. The second-order valence-corrected chi connectivity index (χ2v) is 18.6. The molecule has 0 fully saturated rings. The molecule has 0 aliphatic rings. The Balaban J connectivity index is 3.82. The van der Waals surface area contributed by atoms with Crippen molar-refractivity contribution >= 4 is 13.7 Å². The Bertz CT molecular complexity index is 1190. The zero-order chi connectivity index (χ0) is 43.6. The maximum Gasteiger partial charge on any atom is 0.472 e. The first-order valence-electron chi connectivity index (χ1n) is 23.8. The average molecular weight is 848 g/mol. The minimum Gasteiger partial charge on any atom is -0.387 e. The van der Waals surface area contributed by atoms with E-state index >= 15 is 0 Å². The van der Waals surface area contributed by atoms with E-state index in [0.29, 0.717) is 17.4 Å². The molecular weight excluding hydrogens is 756 g/mol. The predicted molar refractivity (Wildman–Crippen MR) is 253 cm³/mol. The average Bonchev–Trinajstić information content (AvgIpc) is 3.19. The molecule has 1 amide bonds. The number of quaternary nitrogens is 1. The number of allylic oxidation sites excluding steroid dienone is 11. The molecule has 3 atom stereocenters. The van der Waals surface area contributed by atoms with Crippen LogP contribution in [0.15, 0.2) is 72.9 Å². The van der Waals surface area contributed by atoms with E-state index in [9.17, 15) is 19.4 Å². The molecule has 0 aromatic rings. The van der Waals surface area contributed by atoms with Crippen molar-refractivity contribution in [2.24, 2.45) is 0 Å². The van der Waals surface area contributed by atoms with Crippen molar-refractivity contribution in [3.8, 4) is 0 Å². The summed E-state index contributed by atoms with van der Waals surface area (Å²) in [6, 6.07) is -0.843. The van der Waals surface area contributed by atoms with Gasteiger partial charge >= 0.3 is 7.82 Å². The molecule has 0 rings (SSSR count). The SMILES string of the molecule is CC/C=C\C/C=C\C/C=C\C/C=C\C/C=C\CCCCCCCCCCCCCCCCCCCC(=O)NC(COP(=O)(O)OCC[N+](C)(C)C)C(O)/C=C/CCCC. The van der Waals surface area contributed by atoms with Gasteiger partial charge in [-0.15, -0.1) is 0 Å². The molecule has 0 spiro atoms. The van der Waals surface area contributed by atoms with Gasteiger partial charge in [0.1, 0.15) is 13.2 Å². The molecule has 3 unspecified atom stereocenters. The lowest BCUT2D eigenvalue weighted by Crippen LogP contribution is -2.45. The predicted octanol–water partition coefficient (Wildman–Crippen LogP) is 13.6. The first-order valence-corrected chi connectivity index (χ1v) is 25.3. The Hall–Kier alpha value is -2.06. The van der Waals surface area contributed by atoms with Crippen LogP contribution in [0.3, 0.4) is 0 Å². The fourth-order valence-corrected chi connectivity index (χ4v) is 7.14. The third-order valence-corrected chi connectivity index (χ3v) is 11.2. The fourth-order valence-electron chi connectivity index (χ4n) is 6.41. The highest BCUT2D eigenvalue weighted by Crippen LogP contribution is 2.43. The summed E-state index contributed by atoms with van der Waals surface area (Å²) in [5.74, 6) is -0.189. The van der Waals surface area contributed by atoms with Gasteiger partial charge in [0.15, 0.2) is 0 Å². The van der Waals surface area contributed by atoms with E-state index in [1.165, 1.54) is 96.3 Å². The summed E-state index contributed by atoms with van der Waals surface area (Å²) in [5, 5.41) is 13.6. The van der Waals surface area contributed by atoms with Crippen LogP contribution in [0, 0.1) is 0 Å². The van der Waals surface area contributed by atoms with Gasteiger partial charge in [-0.3, -0.25) is 13.8 Å². The number of likely N-dealkylation sites (N-methyl/N-ethyl adjacent to an activating group) is 1. The molecule has 0 bridgehead atoms. The number of phosphoric ester groups is 1. The lowest BCUT2D eigenvalue weighted by Gasteiger charge is -2.25. The van der Waals surface area contributed by atoms with Crippen molar-refractivity contribution in [1.29, 1.82) is 0 Å². The second-order valence-electron chi connectivity index (χ2n) is 17.1. The van der Waals surface area contributed by atoms with Crippen molar-refractivity contribution in [1.82, 2.24) is 5.32 Å². The van der Waals surface area contributed by atoms with Crippen molar-refractivity contribution in [2.75, 3.05) is 40.9 Å². The first kappa shape index (κ1) is 56.9. The maximum atomic E-state index is 12.7. The summed E-state index contributed by atoms with van der Waals surface area (Å²) in [7, 11) is 1.56. The monoisotopic (exact) mass is 848 g/mol. The zero-order valence-corrected chi connectivity index (χ0v) is 39.6. The largest absolute Gasteiger partial charge is 0.472 e. The normalized spacial score (nSPS) is 14.9. The van der Waals surface area contributed by atoms with Crippen LogP contribution >= 0.6 is 7.82 Å². The third kappa shape index (κ3) is 43.8. The molecule has 9 heteroatoms. The van der Waals surface area contributed by atoms with Crippen molar-refractivity contribution in [3.63, 3.8) is 0 Å². The number of amides is 1. The van der Waals surface area contributed by atoms with E-state index in [1.807, 2.05) is 27.2 Å². The molecule has 0 aromatic carbocycles. The summed E-state index contributed by atoms with van der Waals surface area (Å²) in [6.45, 7) is 4.53. The van der Waals surface area contributed by atoms with E-state index in [4.69, 9.17) is 9.05 Å². The van der Waals surface area contributed by atoms with Crippen molar-refractivity contribution in [3.05, 3.63) is 72.9 Å². The number of phosphoric acid groups is 1. The molecule has 342 valence electrons. The number of nitrogens with one attached hydrogen (secondary N) is 1. The van der Waals surface area contributed by atoms with Gasteiger partial charge in [0, 0.05) is 6.42 Å². The smallest absolute Gasteiger partial charge is 0.387 e. The summed E-state index contributed by atoms with van der Waals surface area (Å²) < 4.78 is 23.3. The van der Waals surface area contributed by atoms with Gasteiger partial charge in [0.05, 0.1) is 39.9 Å². The van der Waals surface area contributed by atoms with Crippen LogP contribution in [0.5, 0.6) is 0 Å². The number of carbonyl (C=O) groups excluding carboxylic acids is 1. The van der Waals surface area contributed by atoms with Crippen molar-refractivity contribution in [2.45, 2.75) is 199 Å². The van der Waals surface area contributed by atoms with Gasteiger partial charge in [-0.2, -0.15) is 0 Å². The third-order valence-electron chi connectivity index (χ3n) is 10.2. The molecule has 8 nitrogen and oxygen atoms in total. The molecule has 0 saturated heterocycles. The Kier molecular flexibility index (Phi) is 39.9. The van der Waals surface area contributed by atoms with Gasteiger partial charge < -0.3 is 19.8 Å². The van der Waals surface area contributed by atoms with Gasteiger partial charge in [0.2, 0.25) is 5.91 Å². The van der Waals surface area contributed by atoms with Crippen LogP contribution in [-0.4, -0.2) is 73.4 Å². The Labute approximate surface area is 364 Å². The van der Waals surface area contributed by atoms with E-state index in [2.05, 4.69) is 79.9 Å². The van der Waals surface area contributed by atoms with Gasteiger partial charge in [-0.1, -0.05) is 196 Å². The molecule has 0 heterocycles.